The summed E-state index contributed by atoms with van der Waals surface area (Å²) in [6.07, 6.45) is 1.68. The van der Waals surface area contributed by atoms with Crippen molar-refractivity contribution >= 4 is 34.0 Å². The van der Waals surface area contributed by atoms with Crippen LogP contribution < -0.4 is 0 Å². The van der Waals surface area contributed by atoms with Gasteiger partial charge in [-0.2, -0.15) is 0 Å². The smallest absolute Gasteiger partial charge is 0.310 e. The van der Waals surface area contributed by atoms with E-state index in [-0.39, 0.29) is 6.42 Å². The van der Waals surface area contributed by atoms with Gasteiger partial charge in [0.15, 0.2) is 0 Å². The van der Waals surface area contributed by atoms with Gasteiger partial charge < -0.3 is 14.4 Å². The first-order valence-corrected chi connectivity index (χ1v) is 12.0. The van der Waals surface area contributed by atoms with Gasteiger partial charge in [-0.3, -0.25) is 9.00 Å². The van der Waals surface area contributed by atoms with Crippen LogP contribution in [-0.2, 0) is 30.0 Å². The minimum Gasteiger partial charge on any atom is -0.458 e. The zero-order chi connectivity index (χ0) is 26.4. The van der Waals surface area contributed by atoms with E-state index in [0.717, 1.165) is 11.1 Å². The zero-order valence-corrected chi connectivity index (χ0v) is 20.0. The topological polar surface area (TPSA) is 148 Å². The maximum atomic E-state index is 14.1. The standard InChI is InChI=1S/C23H21FN2O9S/c1-14-20(9-15-3-6-18(7-4-15)36(2)32)19-8-5-16(24)10-22(19)21(14)11-23(27)35-17(12-33-25(28)29)13-34-26(30)31/h3-10,17H,11-13H2,1-2H3/b20-9-. The van der Waals surface area contributed by atoms with Crippen molar-refractivity contribution in [3.8, 4) is 0 Å². The van der Waals surface area contributed by atoms with Crippen LogP contribution in [0.5, 0.6) is 0 Å². The van der Waals surface area contributed by atoms with Crippen LogP contribution in [0.3, 0.4) is 0 Å². The molecule has 1 aliphatic rings. The van der Waals surface area contributed by atoms with Crippen LogP contribution in [0, 0.1) is 26.0 Å². The van der Waals surface area contributed by atoms with Crippen LogP contribution in [0.4, 0.5) is 4.39 Å². The van der Waals surface area contributed by atoms with Crippen LogP contribution in [-0.4, -0.2) is 45.9 Å². The summed E-state index contributed by atoms with van der Waals surface area (Å²) in [6, 6.07) is 11.2. The van der Waals surface area contributed by atoms with E-state index in [1.807, 2.05) is 6.08 Å². The van der Waals surface area contributed by atoms with E-state index >= 15 is 0 Å². The molecule has 0 aromatic heterocycles. The van der Waals surface area contributed by atoms with Crippen LogP contribution in [0.1, 0.15) is 30.0 Å². The lowest BCUT2D eigenvalue weighted by Crippen LogP contribution is -2.30. The molecule has 0 radical (unpaired) electrons. The molecule has 1 aliphatic carbocycles. The summed E-state index contributed by atoms with van der Waals surface area (Å²) in [4.78, 5) is 42.6. The first kappa shape index (κ1) is 26.5. The number of ether oxygens (including phenoxy) is 1. The molecule has 0 fully saturated rings. The second-order valence-corrected chi connectivity index (χ2v) is 9.08. The van der Waals surface area contributed by atoms with E-state index < -0.39 is 52.1 Å². The number of carbonyl (C=O) groups excluding carboxylic acids is 1. The van der Waals surface area contributed by atoms with Crippen molar-refractivity contribution in [1.82, 2.24) is 0 Å². The largest absolute Gasteiger partial charge is 0.458 e. The number of fused-ring (bicyclic) bond motifs is 1. The monoisotopic (exact) mass is 520 g/mol. The fourth-order valence-corrected chi connectivity index (χ4v) is 4.20. The molecule has 0 saturated carbocycles. The van der Waals surface area contributed by atoms with Crippen LogP contribution in [0.25, 0.3) is 17.2 Å². The van der Waals surface area contributed by atoms with Crippen molar-refractivity contribution in [2.24, 2.45) is 0 Å². The molecule has 0 amide bonds. The molecule has 190 valence electrons. The summed E-state index contributed by atoms with van der Waals surface area (Å²) in [5.41, 5.74) is 3.84. The second-order valence-electron chi connectivity index (χ2n) is 7.70. The molecule has 0 saturated heterocycles. The lowest BCUT2D eigenvalue weighted by Gasteiger charge is -2.16. The molecule has 0 N–H and O–H groups in total. The highest BCUT2D eigenvalue weighted by Crippen LogP contribution is 2.44. The normalized spacial score (nSPS) is 14.5. The Labute approximate surface area is 206 Å². The number of allylic oxidation sites excluding steroid dienone is 2. The van der Waals surface area contributed by atoms with Crippen LogP contribution >= 0.6 is 0 Å². The third-order valence-corrected chi connectivity index (χ3v) is 6.26. The lowest BCUT2D eigenvalue weighted by molar-refractivity contribution is -0.768. The Morgan fingerprint density at radius 1 is 1.06 bits per heavy atom. The first-order valence-electron chi connectivity index (χ1n) is 10.4. The Morgan fingerprint density at radius 2 is 1.67 bits per heavy atom. The maximum absolute atomic E-state index is 14.1. The van der Waals surface area contributed by atoms with E-state index in [2.05, 4.69) is 9.68 Å². The van der Waals surface area contributed by atoms with Gasteiger partial charge in [0.05, 0.1) is 6.42 Å². The molecule has 0 heterocycles. The summed E-state index contributed by atoms with van der Waals surface area (Å²) < 4.78 is 30.9. The van der Waals surface area contributed by atoms with Gasteiger partial charge in [0.1, 0.15) is 25.1 Å². The number of hydrogen-bond acceptors (Lipinski definition) is 9. The van der Waals surface area contributed by atoms with Crippen molar-refractivity contribution in [3.05, 3.63) is 90.8 Å². The highest BCUT2D eigenvalue weighted by atomic mass is 32.2. The van der Waals surface area contributed by atoms with Gasteiger partial charge in [-0.15, -0.1) is 20.2 Å². The Morgan fingerprint density at radius 3 is 2.22 bits per heavy atom. The van der Waals surface area contributed by atoms with Crippen LogP contribution in [0.15, 0.2) is 52.9 Å². The van der Waals surface area contributed by atoms with Crippen molar-refractivity contribution in [2.45, 2.75) is 24.3 Å². The summed E-state index contributed by atoms with van der Waals surface area (Å²) in [6.45, 7) is 0.226. The summed E-state index contributed by atoms with van der Waals surface area (Å²) in [7, 11) is -1.13. The second kappa shape index (κ2) is 11.5. The molecule has 0 bridgehead atoms. The highest BCUT2D eigenvalue weighted by molar-refractivity contribution is 7.84. The van der Waals surface area contributed by atoms with E-state index in [0.29, 0.717) is 27.2 Å². The van der Waals surface area contributed by atoms with Crippen molar-refractivity contribution in [3.63, 3.8) is 0 Å². The number of carbonyl (C=O) groups is 1. The SMILES string of the molecule is CC1=C(CC(=O)OC(CO[N+](=O)[O-])CO[N+](=O)[O-])c2cc(F)ccc2/C1=C\c1ccc(S(C)=O)cc1. The first-order chi connectivity index (χ1) is 17.0. The molecular formula is C23H21FN2O9S. The molecule has 0 spiro atoms. The van der Waals surface area contributed by atoms with Gasteiger partial charge in [-0.05, 0) is 70.7 Å². The minimum atomic E-state index is -1.42. The quantitative estimate of drug-likeness (QED) is 0.246. The minimum absolute atomic E-state index is 0.333. The van der Waals surface area contributed by atoms with Gasteiger partial charge in [0.2, 0.25) is 0 Å². The molecule has 36 heavy (non-hydrogen) atoms. The number of benzene rings is 2. The van der Waals surface area contributed by atoms with Crippen molar-refractivity contribution in [1.29, 1.82) is 0 Å². The molecule has 0 aliphatic heterocycles. The number of nitrogens with zero attached hydrogens (tertiary/aromatic N) is 2. The molecular weight excluding hydrogens is 499 g/mol. The summed E-state index contributed by atoms with van der Waals surface area (Å²) in [5.74, 6) is -1.38. The van der Waals surface area contributed by atoms with Gasteiger partial charge in [-0.1, -0.05) is 18.2 Å². The molecule has 2 aromatic carbocycles. The van der Waals surface area contributed by atoms with Gasteiger partial charge >= 0.3 is 5.97 Å². The third kappa shape index (κ3) is 6.72. The number of hydrogen-bond donors (Lipinski definition) is 0. The highest BCUT2D eigenvalue weighted by Gasteiger charge is 2.27. The van der Waals surface area contributed by atoms with Gasteiger partial charge in [0.25, 0.3) is 10.2 Å². The van der Waals surface area contributed by atoms with E-state index in [1.165, 1.54) is 12.1 Å². The fourth-order valence-electron chi connectivity index (χ4n) is 3.68. The number of rotatable bonds is 11. The van der Waals surface area contributed by atoms with Gasteiger partial charge in [-0.25, -0.2) is 4.39 Å². The van der Waals surface area contributed by atoms with Crippen molar-refractivity contribution in [2.75, 3.05) is 19.5 Å². The Balaban J connectivity index is 1.87. The number of halogens is 1. The van der Waals surface area contributed by atoms with Crippen LogP contribution in [0.2, 0.25) is 0 Å². The molecule has 2 aromatic rings. The third-order valence-electron chi connectivity index (χ3n) is 5.33. The Kier molecular flexibility index (Phi) is 8.48. The predicted molar refractivity (Wildman–Crippen MR) is 126 cm³/mol. The molecule has 13 heteroatoms. The number of esters is 1. The molecule has 1 atom stereocenters. The molecule has 11 nitrogen and oxygen atoms in total. The van der Waals surface area contributed by atoms with Crippen molar-refractivity contribution < 1.29 is 38.0 Å². The molecule has 3 rings (SSSR count). The maximum Gasteiger partial charge on any atom is 0.310 e. The van der Waals surface area contributed by atoms with Gasteiger partial charge in [0, 0.05) is 22.0 Å². The van der Waals surface area contributed by atoms with E-state index in [1.54, 1.807) is 43.5 Å². The average Bonchev–Trinajstić information content (AvgIpc) is 3.06. The Hall–Kier alpha value is -4.13. The summed E-state index contributed by atoms with van der Waals surface area (Å²) >= 11 is 0. The summed E-state index contributed by atoms with van der Waals surface area (Å²) in [5, 5.41) is 18.7. The lowest BCUT2D eigenvalue weighted by atomic mass is 10.0. The average molecular weight is 520 g/mol. The van der Waals surface area contributed by atoms with E-state index in [9.17, 15) is 33.6 Å². The zero-order valence-electron chi connectivity index (χ0n) is 19.2. The Bertz CT molecular complexity index is 1260. The van der Waals surface area contributed by atoms with E-state index in [4.69, 9.17) is 4.74 Å². The predicted octanol–water partition coefficient (Wildman–Crippen LogP) is 3.61. The molecule has 1 unspecified atom stereocenters. The fraction of sp³-hybridized carbons (Fsp3) is 0.261.